The van der Waals surface area contributed by atoms with Gasteiger partial charge in [0.1, 0.15) is 11.6 Å². The van der Waals surface area contributed by atoms with E-state index in [-0.39, 0.29) is 0 Å². The first-order chi connectivity index (χ1) is 24.2. The number of benzene rings is 6. The van der Waals surface area contributed by atoms with E-state index in [0.29, 0.717) is 11.1 Å². The number of nitrogens with zero attached hydrogens (tertiary/aromatic N) is 5. The Bertz CT molecular complexity index is 2610. The Morgan fingerprint density at radius 1 is 0.469 bits per heavy atom. The highest BCUT2D eigenvalue weighted by atomic mass is 15.2. The van der Waals surface area contributed by atoms with Crippen molar-refractivity contribution in [3.8, 4) is 29.1 Å². The maximum atomic E-state index is 9.69. The van der Waals surface area contributed by atoms with Crippen LogP contribution in [-0.2, 0) is 5.41 Å². The Hall–Kier alpha value is -6.95. The molecule has 0 saturated carbocycles. The summed E-state index contributed by atoms with van der Waals surface area (Å²) in [5, 5.41) is 21.2. The van der Waals surface area contributed by atoms with E-state index in [4.69, 9.17) is 4.98 Å². The molecule has 2 aromatic heterocycles. The van der Waals surface area contributed by atoms with Crippen LogP contribution in [0.15, 0.2) is 152 Å². The van der Waals surface area contributed by atoms with Gasteiger partial charge in [-0.2, -0.15) is 10.5 Å². The molecule has 49 heavy (non-hydrogen) atoms. The standard InChI is InChI=1S/C44H25N5/c45-26-28-20-22-38-32(24-28)33-25-29(27-46)21-23-39(33)48(38)42-18-9-19-43(47-42)49-40-16-7-5-14-36(40)44(37-15-6-8-17-41(37)49)34-12-3-1-10-30(34)31-11-2-4-13-35(31)44/h1-25H. The highest BCUT2D eigenvalue weighted by Gasteiger charge is 2.51. The number of pyridine rings is 1. The van der Waals surface area contributed by atoms with E-state index in [1.54, 1.807) is 0 Å². The Kier molecular flexibility index (Phi) is 5.56. The first-order valence-electron chi connectivity index (χ1n) is 16.3. The van der Waals surface area contributed by atoms with Gasteiger partial charge in [-0.1, -0.05) is 91.0 Å². The molecule has 10 rings (SSSR count). The molecule has 1 aliphatic heterocycles. The van der Waals surface area contributed by atoms with E-state index in [9.17, 15) is 10.5 Å². The lowest BCUT2D eigenvalue weighted by Crippen LogP contribution is -2.36. The third-order valence-corrected chi connectivity index (χ3v) is 10.3. The smallest absolute Gasteiger partial charge is 0.140 e. The van der Waals surface area contributed by atoms with E-state index < -0.39 is 5.41 Å². The van der Waals surface area contributed by atoms with Gasteiger partial charge in [-0.15, -0.1) is 0 Å². The average Bonchev–Trinajstić information content (AvgIpc) is 3.65. The third-order valence-electron chi connectivity index (χ3n) is 10.3. The lowest BCUT2D eigenvalue weighted by atomic mass is 9.65. The molecule has 5 heteroatoms. The Morgan fingerprint density at radius 2 is 0.939 bits per heavy atom. The van der Waals surface area contributed by atoms with Gasteiger partial charge < -0.3 is 0 Å². The van der Waals surface area contributed by atoms with Crippen LogP contribution in [0, 0.1) is 22.7 Å². The van der Waals surface area contributed by atoms with Gasteiger partial charge >= 0.3 is 0 Å². The van der Waals surface area contributed by atoms with Crippen molar-refractivity contribution in [2.24, 2.45) is 0 Å². The number of fused-ring (bicyclic) bond motifs is 12. The molecule has 0 atom stereocenters. The van der Waals surface area contributed by atoms with E-state index in [0.717, 1.165) is 44.8 Å². The molecule has 3 heterocycles. The van der Waals surface area contributed by atoms with Crippen molar-refractivity contribution < 1.29 is 0 Å². The zero-order chi connectivity index (χ0) is 32.7. The number of nitriles is 2. The predicted octanol–water partition coefficient (Wildman–Crippen LogP) is 10.1. The van der Waals surface area contributed by atoms with Gasteiger partial charge in [-0.25, -0.2) is 4.98 Å². The number of anilines is 3. The largest absolute Gasteiger partial charge is 0.294 e. The van der Waals surface area contributed by atoms with Crippen LogP contribution in [0.3, 0.4) is 0 Å². The van der Waals surface area contributed by atoms with Crippen molar-refractivity contribution in [2.45, 2.75) is 5.41 Å². The fourth-order valence-corrected chi connectivity index (χ4v) is 8.38. The highest BCUT2D eigenvalue weighted by molar-refractivity contribution is 6.10. The number of para-hydroxylation sites is 2. The molecule has 226 valence electrons. The van der Waals surface area contributed by atoms with Gasteiger partial charge in [0.25, 0.3) is 0 Å². The summed E-state index contributed by atoms with van der Waals surface area (Å²) in [6.07, 6.45) is 0. The van der Waals surface area contributed by atoms with Crippen molar-refractivity contribution in [3.63, 3.8) is 0 Å². The van der Waals surface area contributed by atoms with Gasteiger partial charge in [0.2, 0.25) is 0 Å². The van der Waals surface area contributed by atoms with Crippen molar-refractivity contribution in [1.29, 1.82) is 10.5 Å². The predicted molar refractivity (Wildman–Crippen MR) is 194 cm³/mol. The van der Waals surface area contributed by atoms with E-state index in [1.165, 1.54) is 33.4 Å². The molecule has 1 aliphatic carbocycles. The highest BCUT2D eigenvalue weighted by Crippen LogP contribution is 2.63. The number of hydrogen-bond donors (Lipinski definition) is 0. The fourth-order valence-electron chi connectivity index (χ4n) is 8.38. The normalized spacial score (nSPS) is 13.4. The zero-order valence-corrected chi connectivity index (χ0v) is 26.2. The van der Waals surface area contributed by atoms with Crippen molar-refractivity contribution in [2.75, 3.05) is 4.90 Å². The second-order valence-corrected chi connectivity index (χ2v) is 12.6. The van der Waals surface area contributed by atoms with Crippen LogP contribution in [0.2, 0.25) is 0 Å². The molecule has 0 unspecified atom stereocenters. The summed E-state index contributed by atoms with van der Waals surface area (Å²) >= 11 is 0. The summed E-state index contributed by atoms with van der Waals surface area (Å²) in [7, 11) is 0. The van der Waals surface area contributed by atoms with Crippen LogP contribution >= 0.6 is 0 Å². The summed E-state index contributed by atoms with van der Waals surface area (Å²) in [6, 6.07) is 57.2. The Labute approximate surface area is 282 Å². The first kappa shape index (κ1) is 27.2. The van der Waals surface area contributed by atoms with Gasteiger partial charge in [0, 0.05) is 10.8 Å². The fraction of sp³-hybridized carbons (Fsp3) is 0.0227. The second kappa shape index (κ2) is 10.0. The first-order valence-corrected chi connectivity index (χ1v) is 16.3. The molecule has 0 fully saturated rings. The maximum absolute atomic E-state index is 9.69. The Morgan fingerprint density at radius 3 is 1.47 bits per heavy atom. The molecule has 0 amide bonds. The summed E-state index contributed by atoms with van der Waals surface area (Å²) in [6.45, 7) is 0. The van der Waals surface area contributed by atoms with E-state index >= 15 is 0 Å². The summed E-state index contributed by atoms with van der Waals surface area (Å²) in [4.78, 5) is 7.67. The molecule has 0 bridgehead atoms. The van der Waals surface area contributed by atoms with E-state index in [1.807, 2.05) is 42.5 Å². The minimum absolute atomic E-state index is 0.488. The lowest BCUT2D eigenvalue weighted by Gasteiger charge is -2.44. The van der Waals surface area contributed by atoms with Crippen LogP contribution < -0.4 is 4.90 Å². The second-order valence-electron chi connectivity index (χ2n) is 12.6. The van der Waals surface area contributed by atoms with Gasteiger partial charge in [-0.3, -0.25) is 9.47 Å². The quantitative estimate of drug-likeness (QED) is 0.192. The SMILES string of the molecule is N#Cc1ccc2c(c1)c1cc(C#N)ccc1n2-c1cccc(N2c3ccccc3C3(c4ccccc4-c4ccccc43)c3ccccc32)n1. The van der Waals surface area contributed by atoms with Crippen LogP contribution in [0.4, 0.5) is 17.2 Å². The molecule has 6 aromatic carbocycles. The Balaban J connectivity index is 1.24. The number of aromatic nitrogens is 2. The zero-order valence-electron chi connectivity index (χ0n) is 26.2. The maximum Gasteiger partial charge on any atom is 0.140 e. The summed E-state index contributed by atoms with van der Waals surface area (Å²) in [5.74, 6) is 1.54. The molecule has 8 aromatic rings. The van der Waals surface area contributed by atoms with Gasteiger partial charge in [0.05, 0.1) is 51.1 Å². The minimum Gasteiger partial charge on any atom is -0.294 e. The monoisotopic (exact) mass is 623 g/mol. The summed E-state index contributed by atoms with van der Waals surface area (Å²) in [5.41, 5.74) is 12.2. The molecular weight excluding hydrogens is 599 g/mol. The molecule has 5 nitrogen and oxygen atoms in total. The minimum atomic E-state index is -0.488. The van der Waals surface area contributed by atoms with Crippen molar-refractivity contribution in [1.82, 2.24) is 9.55 Å². The molecular formula is C44H25N5. The summed E-state index contributed by atoms with van der Waals surface area (Å²) < 4.78 is 2.13. The molecule has 0 radical (unpaired) electrons. The number of hydrogen-bond acceptors (Lipinski definition) is 4. The van der Waals surface area contributed by atoms with Gasteiger partial charge in [0.15, 0.2) is 0 Å². The third kappa shape index (κ3) is 3.54. The molecule has 1 spiro atoms. The number of rotatable bonds is 2. The van der Waals surface area contributed by atoms with Crippen molar-refractivity contribution in [3.05, 3.63) is 185 Å². The van der Waals surface area contributed by atoms with Crippen LogP contribution in [0.1, 0.15) is 33.4 Å². The topological polar surface area (TPSA) is 68.6 Å². The molecule has 0 N–H and O–H groups in total. The van der Waals surface area contributed by atoms with Crippen LogP contribution in [-0.4, -0.2) is 9.55 Å². The van der Waals surface area contributed by atoms with Crippen LogP contribution in [0.25, 0.3) is 38.8 Å². The molecule has 2 aliphatic rings. The van der Waals surface area contributed by atoms with E-state index in [2.05, 4.69) is 131 Å². The lowest BCUT2D eigenvalue weighted by molar-refractivity contribution is 0.751. The van der Waals surface area contributed by atoms with Crippen molar-refractivity contribution >= 4 is 39.0 Å². The average molecular weight is 624 g/mol. The molecule has 0 saturated heterocycles. The van der Waals surface area contributed by atoms with Gasteiger partial charge in [-0.05, 0) is 94.0 Å². The van der Waals surface area contributed by atoms with Crippen LogP contribution in [0.5, 0.6) is 0 Å².